The molecule has 0 fully saturated rings. The number of allylic oxidation sites excluding steroid dienone is 1. The summed E-state index contributed by atoms with van der Waals surface area (Å²) in [5.41, 5.74) is 13.4. The van der Waals surface area contributed by atoms with Crippen molar-refractivity contribution in [1.82, 2.24) is 0 Å². The van der Waals surface area contributed by atoms with Crippen molar-refractivity contribution in [1.29, 1.82) is 0 Å². The van der Waals surface area contributed by atoms with E-state index < -0.39 is 13.3 Å². The van der Waals surface area contributed by atoms with Crippen molar-refractivity contribution in [3.8, 4) is 0 Å². The summed E-state index contributed by atoms with van der Waals surface area (Å²) in [5, 5.41) is 1.81. The van der Waals surface area contributed by atoms with Gasteiger partial charge in [-0.2, -0.15) is 0 Å². The third-order valence-electron chi connectivity index (χ3n) is 4.25. The normalized spacial score (nSPS) is 12.5. The van der Waals surface area contributed by atoms with Gasteiger partial charge < -0.3 is 16.0 Å². The van der Waals surface area contributed by atoms with Gasteiger partial charge in [-0.1, -0.05) is 61.2 Å². The van der Waals surface area contributed by atoms with Gasteiger partial charge in [0.25, 0.3) is 0 Å². The molecule has 0 aromatic heterocycles. The Hall–Kier alpha value is -2.84. The molecular weight excluding hydrogens is 346 g/mol. The molecule has 0 spiro atoms. The smallest absolute Gasteiger partial charge is 0.171 e. The third kappa shape index (κ3) is 3.29. The molecule has 1 atom stereocenters. The zero-order valence-electron chi connectivity index (χ0n) is 14.2. The standard InChI is InChI=1S/C21H20FN2OP/c1-2-21(22)15-9-11-18(12-10-15)26(25,19-7-3-5-16(23)13-19)20-8-4-6-17(24)14-20/h2-14,21H,1,23-24H2. The van der Waals surface area contributed by atoms with Crippen LogP contribution in [-0.4, -0.2) is 0 Å². The fourth-order valence-corrected chi connectivity index (χ4v) is 5.61. The van der Waals surface area contributed by atoms with Gasteiger partial charge >= 0.3 is 0 Å². The monoisotopic (exact) mass is 366 g/mol. The van der Waals surface area contributed by atoms with Gasteiger partial charge in [-0.15, -0.1) is 0 Å². The SMILES string of the molecule is C=CC(F)c1ccc(P(=O)(c2cccc(N)c2)c2cccc(N)c2)cc1. The predicted molar refractivity (Wildman–Crippen MR) is 109 cm³/mol. The molecule has 3 nitrogen and oxygen atoms in total. The van der Waals surface area contributed by atoms with Crippen molar-refractivity contribution in [2.75, 3.05) is 11.5 Å². The Morgan fingerprint density at radius 1 is 0.846 bits per heavy atom. The number of hydrogen-bond acceptors (Lipinski definition) is 3. The number of anilines is 2. The minimum atomic E-state index is -3.20. The molecule has 3 rings (SSSR count). The van der Waals surface area contributed by atoms with Crippen molar-refractivity contribution >= 4 is 34.4 Å². The first kappa shape index (κ1) is 18.0. The molecule has 0 aliphatic heterocycles. The van der Waals surface area contributed by atoms with Crippen LogP contribution in [0.3, 0.4) is 0 Å². The summed E-state index contributed by atoms with van der Waals surface area (Å²) in [6, 6.07) is 20.7. The summed E-state index contributed by atoms with van der Waals surface area (Å²) < 4.78 is 28.1. The van der Waals surface area contributed by atoms with E-state index in [2.05, 4.69) is 6.58 Å². The first-order valence-corrected chi connectivity index (χ1v) is 9.85. The molecular formula is C21H20FN2OP. The van der Waals surface area contributed by atoms with E-state index in [1.54, 1.807) is 72.8 Å². The minimum Gasteiger partial charge on any atom is -0.399 e. The van der Waals surface area contributed by atoms with E-state index in [1.807, 2.05) is 0 Å². The van der Waals surface area contributed by atoms with Crippen LogP contribution < -0.4 is 27.4 Å². The molecule has 3 aromatic carbocycles. The van der Waals surface area contributed by atoms with Gasteiger partial charge in [-0.25, -0.2) is 4.39 Å². The molecule has 0 heterocycles. The summed E-state index contributed by atoms with van der Waals surface area (Å²) in [5.74, 6) is 0. The molecule has 0 amide bonds. The number of benzene rings is 3. The molecule has 3 aromatic rings. The lowest BCUT2D eigenvalue weighted by atomic mass is 10.1. The highest BCUT2D eigenvalue weighted by Crippen LogP contribution is 2.43. The average molecular weight is 366 g/mol. The molecule has 0 radical (unpaired) electrons. The maximum Gasteiger partial charge on any atom is 0.171 e. The van der Waals surface area contributed by atoms with E-state index in [0.29, 0.717) is 32.9 Å². The highest BCUT2D eigenvalue weighted by atomic mass is 31.2. The summed E-state index contributed by atoms with van der Waals surface area (Å²) in [6.07, 6.45) is -0.0344. The largest absolute Gasteiger partial charge is 0.399 e. The topological polar surface area (TPSA) is 69.1 Å². The highest BCUT2D eigenvalue weighted by Gasteiger charge is 2.30. The molecule has 4 N–H and O–H groups in total. The van der Waals surface area contributed by atoms with Gasteiger partial charge in [-0.05, 0) is 29.8 Å². The second-order valence-electron chi connectivity index (χ2n) is 6.03. The van der Waals surface area contributed by atoms with Crippen LogP contribution in [0, 0.1) is 0 Å². The average Bonchev–Trinajstić information content (AvgIpc) is 2.67. The van der Waals surface area contributed by atoms with E-state index in [9.17, 15) is 8.96 Å². The number of rotatable bonds is 5. The van der Waals surface area contributed by atoms with Crippen molar-refractivity contribution in [2.24, 2.45) is 0 Å². The van der Waals surface area contributed by atoms with E-state index in [-0.39, 0.29) is 0 Å². The summed E-state index contributed by atoms with van der Waals surface area (Å²) in [7, 11) is -3.20. The first-order chi connectivity index (χ1) is 12.4. The molecule has 0 saturated carbocycles. The Kier molecular flexibility index (Phi) is 4.97. The second-order valence-corrected chi connectivity index (χ2v) is 8.80. The van der Waals surface area contributed by atoms with Crippen LogP contribution in [0.4, 0.5) is 15.8 Å². The molecule has 0 saturated heterocycles. The van der Waals surface area contributed by atoms with Gasteiger partial charge in [0.1, 0.15) is 6.17 Å². The van der Waals surface area contributed by atoms with Crippen LogP contribution in [0.25, 0.3) is 0 Å². The zero-order valence-corrected chi connectivity index (χ0v) is 15.1. The molecule has 0 aliphatic carbocycles. The van der Waals surface area contributed by atoms with E-state index >= 15 is 0 Å². The van der Waals surface area contributed by atoms with E-state index in [0.717, 1.165) is 0 Å². The van der Waals surface area contributed by atoms with Gasteiger partial charge in [0.2, 0.25) is 0 Å². The first-order valence-electron chi connectivity index (χ1n) is 8.14. The summed E-state index contributed by atoms with van der Waals surface area (Å²) >= 11 is 0. The van der Waals surface area contributed by atoms with Crippen LogP contribution in [0.5, 0.6) is 0 Å². The summed E-state index contributed by atoms with van der Waals surface area (Å²) in [4.78, 5) is 0. The number of hydrogen-bond donors (Lipinski definition) is 2. The van der Waals surface area contributed by atoms with Gasteiger partial charge in [0, 0.05) is 27.3 Å². The van der Waals surface area contributed by atoms with E-state index in [1.165, 1.54) is 6.08 Å². The quantitative estimate of drug-likeness (QED) is 0.411. The maximum atomic E-state index is 14.2. The van der Waals surface area contributed by atoms with Gasteiger partial charge in [0.05, 0.1) is 0 Å². The van der Waals surface area contributed by atoms with Crippen LogP contribution in [-0.2, 0) is 4.57 Å². The Morgan fingerprint density at radius 3 is 1.77 bits per heavy atom. The van der Waals surface area contributed by atoms with Crippen LogP contribution in [0.15, 0.2) is 85.5 Å². The number of halogens is 1. The highest BCUT2D eigenvalue weighted by molar-refractivity contribution is 7.85. The molecule has 5 heteroatoms. The lowest BCUT2D eigenvalue weighted by molar-refractivity contribution is 0.415. The van der Waals surface area contributed by atoms with Crippen LogP contribution in [0.1, 0.15) is 11.7 Å². The number of alkyl halides is 1. The number of nitrogen functional groups attached to an aromatic ring is 2. The Balaban J connectivity index is 2.21. The zero-order chi connectivity index (χ0) is 18.7. The van der Waals surface area contributed by atoms with Crippen LogP contribution in [0.2, 0.25) is 0 Å². The minimum absolute atomic E-state index is 0.468. The fraction of sp³-hybridized carbons (Fsp3) is 0.0476. The Labute approximate surface area is 152 Å². The van der Waals surface area contributed by atoms with Crippen molar-refractivity contribution in [3.05, 3.63) is 91.0 Å². The molecule has 26 heavy (non-hydrogen) atoms. The lowest BCUT2D eigenvalue weighted by Crippen LogP contribution is -2.25. The summed E-state index contributed by atoms with van der Waals surface area (Å²) in [6.45, 7) is 3.47. The molecule has 1 unspecified atom stereocenters. The Bertz CT molecular complexity index is 936. The fourth-order valence-electron chi connectivity index (χ4n) is 2.89. The van der Waals surface area contributed by atoms with Gasteiger partial charge in [-0.3, -0.25) is 0 Å². The second kappa shape index (κ2) is 7.19. The molecule has 0 aliphatic rings. The predicted octanol–water partition coefficient (Wildman–Crippen LogP) is 3.69. The van der Waals surface area contributed by atoms with Crippen molar-refractivity contribution in [2.45, 2.75) is 6.17 Å². The van der Waals surface area contributed by atoms with Crippen molar-refractivity contribution in [3.63, 3.8) is 0 Å². The van der Waals surface area contributed by atoms with Crippen molar-refractivity contribution < 1.29 is 8.96 Å². The Morgan fingerprint density at radius 2 is 1.35 bits per heavy atom. The third-order valence-corrected chi connectivity index (χ3v) is 7.29. The number of nitrogens with two attached hydrogens (primary N) is 2. The van der Waals surface area contributed by atoms with Gasteiger partial charge in [0.15, 0.2) is 7.14 Å². The molecule has 132 valence electrons. The van der Waals surface area contributed by atoms with E-state index in [4.69, 9.17) is 11.5 Å². The molecule has 0 bridgehead atoms. The van der Waals surface area contributed by atoms with Crippen LogP contribution >= 0.6 is 7.14 Å². The maximum absolute atomic E-state index is 14.2. The lowest BCUT2D eigenvalue weighted by Gasteiger charge is -2.21.